The zero-order valence-electron chi connectivity index (χ0n) is 13.8. The van der Waals surface area contributed by atoms with Crippen molar-refractivity contribution in [2.45, 2.75) is 26.4 Å². The summed E-state index contributed by atoms with van der Waals surface area (Å²) in [5.74, 6) is 0.173. The maximum Gasteiger partial charge on any atom is 0.280 e. The molecule has 0 N–H and O–H groups in total. The van der Waals surface area contributed by atoms with Gasteiger partial charge in [0.1, 0.15) is 22.2 Å². The Bertz CT molecular complexity index is 924. The lowest BCUT2D eigenvalue weighted by molar-refractivity contribution is -0.415. The van der Waals surface area contributed by atoms with Crippen LogP contribution in [0.3, 0.4) is 0 Å². The van der Waals surface area contributed by atoms with Gasteiger partial charge in [-0.1, -0.05) is 42.6 Å². The minimum Gasteiger partial charge on any atom is -0.487 e. The molecule has 0 radical (unpaired) electrons. The number of rotatable bonds is 4. The predicted octanol–water partition coefficient (Wildman–Crippen LogP) is 4.23. The number of thiocarbonyl (C=S) groups is 2. The summed E-state index contributed by atoms with van der Waals surface area (Å²) in [5.41, 5.74) is 1.60. The summed E-state index contributed by atoms with van der Waals surface area (Å²) in [6.07, 6.45) is 1.42. The van der Waals surface area contributed by atoms with Gasteiger partial charge in [0.15, 0.2) is 0 Å². The van der Waals surface area contributed by atoms with Gasteiger partial charge in [-0.3, -0.25) is 10.1 Å². The minimum absolute atomic E-state index is 0.0454. The van der Waals surface area contributed by atoms with Gasteiger partial charge in [-0.2, -0.15) is 0 Å². The Hall–Kier alpha value is -2.25. The molecule has 1 heterocycles. The van der Waals surface area contributed by atoms with E-state index in [1.807, 2.05) is 44.2 Å². The van der Waals surface area contributed by atoms with Crippen LogP contribution >= 0.6 is 24.4 Å². The Morgan fingerprint density at radius 1 is 1.32 bits per heavy atom. The van der Waals surface area contributed by atoms with Gasteiger partial charge < -0.3 is 4.74 Å². The Balaban J connectivity index is 1.92. The summed E-state index contributed by atoms with van der Waals surface area (Å²) in [4.78, 5) is 16.2. The molecule has 1 aliphatic rings. The molecule has 0 saturated carbocycles. The van der Waals surface area contributed by atoms with Crippen LogP contribution in [0.5, 0.6) is 5.75 Å². The lowest BCUT2D eigenvalue weighted by Crippen LogP contribution is -2.39. The van der Waals surface area contributed by atoms with Gasteiger partial charge in [0.25, 0.3) is 5.70 Å². The van der Waals surface area contributed by atoms with Crippen molar-refractivity contribution in [3.63, 3.8) is 0 Å². The first-order valence-corrected chi connectivity index (χ1v) is 8.64. The molecule has 128 valence electrons. The zero-order valence-corrected chi connectivity index (χ0v) is 15.4. The second-order valence-electron chi connectivity index (χ2n) is 5.96. The molecule has 0 fully saturated rings. The van der Waals surface area contributed by atoms with E-state index in [1.165, 1.54) is 6.08 Å². The van der Waals surface area contributed by atoms with Crippen molar-refractivity contribution in [2.24, 2.45) is 5.92 Å². The molecule has 0 spiro atoms. The minimum atomic E-state index is -0.452. The summed E-state index contributed by atoms with van der Waals surface area (Å²) in [6, 6.07) is 9.61. The first-order valence-electron chi connectivity index (χ1n) is 7.83. The second-order valence-corrected chi connectivity index (χ2v) is 6.93. The summed E-state index contributed by atoms with van der Waals surface area (Å²) in [5, 5.41) is 12.1. The third-order valence-corrected chi connectivity index (χ3v) is 5.06. The maximum absolute atomic E-state index is 11.2. The van der Waals surface area contributed by atoms with E-state index in [0.29, 0.717) is 17.0 Å². The van der Waals surface area contributed by atoms with E-state index < -0.39 is 16.9 Å². The summed E-state index contributed by atoms with van der Waals surface area (Å²) in [7, 11) is 0. The number of ether oxygens (including phenoxy) is 1. The van der Waals surface area contributed by atoms with E-state index >= 15 is 0 Å². The quantitative estimate of drug-likeness (QED) is 0.455. The molecule has 25 heavy (non-hydrogen) atoms. The van der Waals surface area contributed by atoms with Crippen LogP contribution in [0, 0.1) is 23.0 Å². The highest BCUT2D eigenvalue weighted by Crippen LogP contribution is 2.30. The lowest BCUT2D eigenvalue weighted by Gasteiger charge is -2.27. The number of hydrogen-bond donors (Lipinski definition) is 0. The number of aromatic nitrogens is 1. The first-order chi connectivity index (χ1) is 11.9. The fourth-order valence-electron chi connectivity index (χ4n) is 2.95. The van der Waals surface area contributed by atoms with Crippen LogP contribution in [0.15, 0.2) is 42.1 Å². The average Bonchev–Trinajstić information content (AvgIpc) is 2.55. The second kappa shape index (κ2) is 6.93. The van der Waals surface area contributed by atoms with Crippen LogP contribution in [-0.2, 0) is 0 Å². The van der Waals surface area contributed by atoms with Gasteiger partial charge in [0.2, 0.25) is 0 Å². The molecule has 0 amide bonds. The number of nitrogens with zero attached hydrogens (tertiary/aromatic N) is 2. The van der Waals surface area contributed by atoms with Gasteiger partial charge in [-0.15, -0.1) is 0 Å². The molecule has 1 aliphatic carbocycles. The van der Waals surface area contributed by atoms with Crippen molar-refractivity contribution in [1.82, 2.24) is 4.98 Å². The SMILES string of the molecule is Cc1ccc2cccc(OC(C)C3C(=S)CC=C([N+](=O)[O-])C3=S)c2n1. The summed E-state index contributed by atoms with van der Waals surface area (Å²) >= 11 is 10.7. The number of hydrogen-bond acceptors (Lipinski definition) is 6. The monoisotopic (exact) mass is 372 g/mol. The normalized spacial score (nSPS) is 18.8. The Morgan fingerprint density at radius 3 is 2.80 bits per heavy atom. The van der Waals surface area contributed by atoms with E-state index in [0.717, 1.165) is 16.6 Å². The third-order valence-electron chi connectivity index (χ3n) is 4.18. The van der Waals surface area contributed by atoms with E-state index in [1.54, 1.807) is 0 Å². The van der Waals surface area contributed by atoms with E-state index in [-0.39, 0.29) is 10.6 Å². The fraction of sp³-hybridized carbons (Fsp3) is 0.278. The van der Waals surface area contributed by atoms with Crippen molar-refractivity contribution in [1.29, 1.82) is 0 Å². The number of aryl methyl sites for hydroxylation is 1. The molecule has 1 aromatic heterocycles. The van der Waals surface area contributed by atoms with Crippen molar-refractivity contribution >= 4 is 45.1 Å². The van der Waals surface area contributed by atoms with Gasteiger partial charge >= 0.3 is 0 Å². The first kappa shape index (κ1) is 17.6. The molecule has 2 aromatic rings. The van der Waals surface area contributed by atoms with Crippen LogP contribution < -0.4 is 4.74 Å². The predicted molar refractivity (Wildman–Crippen MR) is 105 cm³/mol. The van der Waals surface area contributed by atoms with E-state index in [9.17, 15) is 10.1 Å². The summed E-state index contributed by atoms with van der Waals surface area (Å²) in [6.45, 7) is 3.75. The lowest BCUT2D eigenvalue weighted by atomic mass is 9.87. The molecule has 0 aliphatic heterocycles. The largest absolute Gasteiger partial charge is 0.487 e. The van der Waals surface area contributed by atoms with Crippen molar-refractivity contribution in [3.05, 3.63) is 57.9 Å². The molecule has 0 bridgehead atoms. The van der Waals surface area contributed by atoms with Crippen LogP contribution in [0.2, 0.25) is 0 Å². The van der Waals surface area contributed by atoms with Crippen LogP contribution in [-0.4, -0.2) is 25.7 Å². The highest BCUT2D eigenvalue weighted by Gasteiger charge is 2.37. The number of fused-ring (bicyclic) bond motifs is 1. The molecule has 0 saturated heterocycles. The molecule has 2 atom stereocenters. The third kappa shape index (κ3) is 3.43. The molecule has 5 nitrogen and oxygen atoms in total. The van der Waals surface area contributed by atoms with Crippen molar-refractivity contribution in [2.75, 3.05) is 0 Å². The number of nitro groups is 1. The fourth-order valence-corrected chi connectivity index (χ4v) is 3.91. The van der Waals surface area contributed by atoms with Gasteiger partial charge in [-0.25, -0.2) is 4.98 Å². The highest BCUT2D eigenvalue weighted by atomic mass is 32.1. The van der Waals surface area contributed by atoms with Crippen LogP contribution in [0.25, 0.3) is 10.9 Å². The standard InChI is InChI=1S/C18H16N2O3S2/c1-10-6-7-12-4-3-5-14(17(12)19-10)23-11(2)16-15(24)9-8-13(18(16)25)20(21)22/h3-8,11,16H,9H2,1-2H3. The average molecular weight is 372 g/mol. The molecular formula is C18H16N2O3S2. The Morgan fingerprint density at radius 2 is 2.08 bits per heavy atom. The molecule has 2 unspecified atom stereocenters. The molecule has 1 aromatic carbocycles. The summed E-state index contributed by atoms with van der Waals surface area (Å²) < 4.78 is 6.10. The topological polar surface area (TPSA) is 65.3 Å². The number of para-hydroxylation sites is 1. The van der Waals surface area contributed by atoms with Crippen LogP contribution in [0.4, 0.5) is 0 Å². The molecular weight excluding hydrogens is 356 g/mol. The zero-order chi connectivity index (χ0) is 18.1. The molecule has 3 rings (SSSR count). The Labute approximate surface area is 155 Å². The van der Waals surface area contributed by atoms with Crippen LogP contribution in [0.1, 0.15) is 19.0 Å². The number of benzene rings is 1. The van der Waals surface area contributed by atoms with E-state index in [4.69, 9.17) is 29.2 Å². The van der Waals surface area contributed by atoms with Gasteiger partial charge in [-0.05, 0) is 32.1 Å². The number of pyridine rings is 1. The van der Waals surface area contributed by atoms with E-state index in [2.05, 4.69) is 4.98 Å². The number of allylic oxidation sites excluding steroid dienone is 2. The Kier molecular flexibility index (Phi) is 4.87. The molecule has 7 heteroatoms. The van der Waals surface area contributed by atoms with Crippen molar-refractivity contribution < 1.29 is 9.66 Å². The smallest absolute Gasteiger partial charge is 0.280 e. The maximum atomic E-state index is 11.2. The van der Waals surface area contributed by atoms with Gasteiger partial charge in [0, 0.05) is 22.4 Å². The highest BCUT2D eigenvalue weighted by molar-refractivity contribution is 7.82. The van der Waals surface area contributed by atoms with Crippen molar-refractivity contribution in [3.8, 4) is 5.75 Å². The van der Waals surface area contributed by atoms with Gasteiger partial charge in [0.05, 0.1) is 10.8 Å².